The maximum absolute atomic E-state index is 11.7. The lowest BCUT2D eigenvalue weighted by molar-refractivity contribution is 0.102. The van der Waals surface area contributed by atoms with Crippen LogP contribution in [0.15, 0.2) is 34.3 Å². The number of allylic oxidation sites excluding steroid dienone is 1. The number of fused-ring (bicyclic) bond motifs is 3. The van der Waals surface area contributed by atoms with Crippen LogP contribution in [0.25, 0.3) is 0 Å². The third-order valence-corrected chi connectivity index (χ3v) is 3.46. The molecule has 1 N–H and O–H groups in total. The van der Waals surface area contributed by atoms with Crippen LogP contribution in [-0.2, 0) is 0 Å². The summed E-state index contributed by atoms with van der Waals surface area (Å²) in [6.45, 7) is 0. The van der Waals surface area contributed by atoms with Crippen molar-refractivity contribution in [3.05, 3.63) is 30.0 Å². The number of anilines is 1. The van der Waals surface area contributed by atoms with Gasteiger partial charge < -0.3 is 5.32 Å². The molecule has 2 aliphatic heterocycles. The maximum Gasteiger partial charge on any atom is 0.176 e. The number of carbonyl (C=O) groups excluding carboxylic acids is 1. The lowest BCUT2D eigenvalue weighted by Crippen LogP contribution is -1.97. The number of nitrogens with zero attached hydrogens (tertiary/aromatic N) is 1. The van der Waals surface area contributed by atoms with Gasteiger partial charge in [-0.05, 0) is 18.2 Å². The second-order valence-corrected chi connectivity index (χ2v) is 4.35. The molecule has 4 heteroatoms. The fourth-order valence-corrected chi connectivity index (χ4v) is 2.68. The zero-order valence-electron chi connectivity index (χ0n) is 7.86. The largest absolute Gasteiger partial charge is 0.360 e. The molecule has 15 heavy (non-hydrogen) atoms. The average Bonchev–Trinajstić information content (AvgIpc) is 2.51. The molecule has 1 aromatic carbocycles. The number of ketones is 1. The highest BCUT2D eigenvalue weighted by molar-refractivity contribution is 8.00. The van der Waals surface area contributed by atoms with E-state index in [1.54, 1.807) is 18.0 Å². The molecule has 74 valence electrons. The summed E-state index contributed by atoms with van der Waals surface area (Å²) < 4.78 is 0. The highest BCUT2D eigenvalue weighted by Gasteiger charge is 2.25. The number of hydrogen-bond acceptors (Lipinski definition) is 4. The number of carbonyl (C=O) groups is 1. The molecule has 1 aromatic rings. The zero-order valence-corrected chi connectivity index (χ0v) is 8.67. The first-order chi connectivity index (χ1) is 7.36. The summed E-state index contributed by atoms with van der Waals surface area (Å²) in [6.07, 6.45) is 5.34. The number of Topliss-reactive ketones (excluding diaryl/α,β-unsaturated/α-hetero) is 1. The Kier molecular flexibility index (Phi) is 1.89. The normalized spacial score (nSPS) is 16.9. The minimum Gasteiger partial charge on any atom is -0.360 e. The minimum absolute atomic E-state index is 0.174. The fourth-order valence-electron chi connectivity index (χ4n) is 1.73. The molecule has 0 saturated heterocycles. The Hall–Kier alpha value is -1.55. The Morgan fingerprint density at radius 2 is 2.33 bits per heavy atom. The highest BCUT2D eigenvalue weighted by atomic mass is 32.2. The van der Waals surface area contributed by atoms with E-state index in [1.807, 2.05) is 24.4 Å². The van der Waals surface area contributed by atoms with E-state index < -0.39 is 0 Å². The number of benzene rings is 1. The van der Waals surface area contributed by atoms with Gasteiger partial charge >= 0.3 is 0 Å². The zero-order chi connectivity index (χ0) is 10.3. The van der Waals surface area contributed by atoms with E-state index in [2.05, 4.69) is 10.3 Å². The first kappa shape index (κ1) is 8.73. The smallest absolute Gasteiger partial charge is 0.176 e. The van der Waals surface area contributed by atoms with Crippen LogP contribution in [0.3, 0.4) is 0 Å². The molecule has 3 nitrogen and oxygen atoms in total. The Balaban J connectivity index is 2.28. The van der Waals surface area contributed by atoms with Crippen molar-refractivity contribution in [3.8, 4) is 0 Å². The Morgan fingerprint density at radius 3 is 3.27 bits per heavy atom. The Bertz CT molecular complexity index is 506. The van der Waals surface area contributed by atoms with E-state index in [0.717, 1.165) is 21.8 Å². The van der Waals surface area contributed by atoms with Crippen LogP contribution in [0.5, 0.6) is 0 Å². The predicted octanol–water partition coefficient (Wildman–Crippen LogP) is 2.62. The van der Waals surface area contributed by atoms with Gasteiger partial charge in [-0.25, -0.2) is 0 Å². The van der Waals surface area contributed by atoms with Crippen LogP contribution >= 0.6 is 11.8 Å². The van der Waals surface area contributed by atoms with E-state index >= 15 is 0 Å². The lowest BCUT2D eigenvalue weighted by Gasteiger charge is -2.07. The van der Waals surface area contributed by atoms with Crippen molar-refractivity contribution in [3.63, 3.8) is 0 Å². The number of aliphatic imine (C=N–C) groups is 1. The molecule has 0 amide bonds. The fraction of sp³-hybridized carbons (Fsp3) is 0.0909. The van der Waals surface area contributed by atoms with E-state index in [4.69, 9.17) is 0 Å². The van der Waals surface area contributed by atoms with Gasteiger partial charge in [-0.2, -0.15) is 0 Å². The minimum atomic E-state index is 0.174. The summed E-state index contributed by atoms with van der Waals surface area (Å²) in [4.78, 5) is 17.0. The van der Waals surface area contributed by atoms with Crippen molar-refractivity contribution in [1.82, 2.24) is 0 Å². The molecule has 0 radical (unpaired) electrons. The molecular weight excluding hydrogens is 208 g/mol. The second kappa shape index (κ2) is 3.24. The Morgan fingerprint density at radius 1 is 1.40 bits per heavy atom. The van der Waals surface area contributed by atoms with Gasteiger partial charge in [0, 0.05) is 17.3 Å². The SMILES string of the molecule is O=C1CSc2ccc3c(c21)N=CC=CN3. The molecule has 0 bridgehead atoms. The van der Waals surface area contributed by atoms with Crippen molar-refractivity contribution < 1.29 is 4.79 Å². The van der Waals surface area contributed by atoms with E-state index in [9.17, 15) is 4.79 Å². The summed E-state index contributed by atoms with van der Waals surface area (Å²) >= 11 is 1.58. The molecule has 0 aliphatic carbocycles. The molecule has 3 rings (SSSR count). The first-order valence-electron chi connectivity index (χ1n) is 4.65. The molecule has 0 fully saturated rings. The van der Waals surface area contributed by atoms with Crippen LogP contribution in [-0.4, -0.2) is 17.8 Å². The second-order valence-electron chi connectivity index (χ2n) is 3.33. The van der Waals surface area contributed by atoms with Crippen LogP contribution in [0, 0.1) is 0 Å². The van der Waals surface area contributed by atoms with Gasteiger partial charge in [-0.3, -0.25) is 9.79 Å². The standard InChI is InChI=1S/C11H8N2OS/c14-8-6-15-9-3-2-7-11(10(8)9)13-5-1-4-12-7/h1-5,12H,6H2. The quantitative estimate of drug-likeness (QED) is 0.724. The number of rotatable bonds is 0. The Labute approximate surface area is 91.3 Å². The average molecular weight is 216 g/mol. The summed E-state index contributed by atoms with van der Waals surface area (Å²) in [7, 11) is 0. The molecule has 2 heterocycles. The van der Waals surface area contributed by atoms with Crippen LogP contribution in [0.1, 0.15) is 10.4 Å². The van der Waals surface area contributed by atoms with Gasteiger partial charge in [0.05, 0.1) is 22.7 Å². The molecule has 0 saturated carbocycles. The van der Waals surface area contributed by atoms with E-state index in [1.165, 1.54) is 0 Å². The summed E-state index contributed by atoms with van der Waals surface area (Å²) in [5.41, 5.74) is 2.44. The third-order valence-electron chi connectivity index (χ3n) is 2.40. The summed E-state index contributed by atoms with van der Waals surface area (Å²) in [5, 5.41) is 3.11. The first-order valence-corrected chi connectivity index (χ1v) is 5.63. The van der Waals surface area contributed by atoms with Gasteiger partial charge in [0.1, 0.15) is 0 Å². The number of thioether (sulfide) groups is 1. The van der Waals surface area contributed by atoms with Crippen molar-refractivity contribution in [1.29, 1.82) is 0 Å². The van der Waals surface area contributed by atoms with Gasteiger partial charge in [0.25, 0.3) is 0 Å². The molecule has 0 spiro atoms. The lowest BCUT2D eigenvalue weighted by atomic mass is 10.1. The molecule has 0 aromatic heterocycles. The predicted molar refractivity (Wildman–Crippen MR) is 62.4 cm³/mol. The van der Waals surface area contributed by atoms with Gasteiger partial charge in [0.2, 0.25) is 0 Å². The van der Waals surface area contributed by atoms with Crippen LogP contribution in [0.2, 0.25) is 0 Å². The summed E-state index contributed by atoms with van der Waals surface area (Å²) in [6, 6.07) is 3.94. The third kappa shape index (κ3) is 1.29. The highest BCUT2D eigenvalue weighted by Crippen LogP contribution is 2.41. The number of hydrogen-bond donors (Lipinski definition) is 1. The van der Waals surface area contributed by atoms with Gasteiger partial charge in [-0.15, -0.1) is 11.8 Å². The van der Waals surface area contributed by atoms with Crippen LogP contribution in [0.4, 0.5) is 11.4 Å². The molecule has 2 aliphatic rings. The molecular formula is C11H8N2OS. The molecule has 0 atom stereocenters. The maximum atomic E-state index is 11.7. The molecule has 0 unspecified atom stereocenters. The van der Waals surface area contributed by atoms with E-state index in [-0.39, 0.29) is 5.78 Å². The van der Waals surface area contributed by atoms with Crippen molar-refractivity contribution in [2.24, 2.45) is 4.99 Å². The van der Waals surface area contributed by atoms with Crippen LogP contribution < -0.4 is 5.32 Å². The van der Waals surface area contributed by atoms with Crippen molar-refractivity contribution >= 4 is 35.1 Å². The summed E-state index contributed by atoms with van der Waals surface area (Å²) in [5.74, 6) is 0.710. The van der Waals surface area contributed by atoms with Crippen molar-refractivity contribution in [2.75, 3.05) is 11.1 Å². The monoisotopic (exact) mass is 216 g/mol. The topological polar surface area (TPSA) is 41.5 Å². The number of nitrogens with one attached hydrogen (secondary N) is 1. The van der Waals surface area contributed by atoms with Crippen molar-refractivity contribution in [2.45, 2.75) is 4.90 Å². The van der Waals surface area contributed by atoms with Gasteiger partial charge in [-0.1, -0.05) is 0 Å². The van der Waals surface area contributed by atoms with E-state index in [0.29, 0.717) is 5.75 Å². The van der Waals surface area contributed by atoms with Gasteiger partial charge in [0.15, 0.2) is 5.78 Å².